The molecule has 8 heteroatoms. The van der Waals surface area contributed by atoms with Crippen molar-refractivity contribution in [3.05, 3.63) is 40.1 Å². The van der Waals surface area contributed by atoms with Crippen LogP contribution in [0.1, 0.15) is 43.2 Å². The van der Waals surface area contributed by atoms with Crippen LogP contribution >= 0.6 is 0 Å². The summed E-state index contributed by atoms with van der Waals surface area (Å²) in [4.78, 5) is 35.2. The minimum Gasteiger partial charge on any atom is -0.481 e. The Morgan fingerprint density at radius 3 is 2.54 bits per heavy atom. The number of aromatic nitrogens is 2. The molecule has 0 amide bonds. The lowest BCUT2D eigenvalue weighted by molar-refractivity contribution is -0.137. The van der Waals surface area contributed by atoms with Gasteiger partial charge in [-0.1, -0.05) is 0 Å². The van der Waals surface area contributed by atoms with Crippen molar-refractivity contribution in [2.45, 2.75) is 39.3 Å². The zero-order chi connectivity index (χ0) is 18.1. The Morgan fingerprint density at radius 2 is 2.00 bits per heavy atom. The predicted molar refractivity (Wildman–Crippen MR) is 83.8 cm³/mol. The number of hydrogen-bond donors (Lipinski definition) is 1. The highest BCUT2D eigenvalue weighted by Gasteiger charge is 2.20. The molecule has 2 heterocycles. The van der Waals surface area contributed by atoms with Gasteiger partial charge in [-0.2, -0.15) is 5.26 Å². The molecule has 0 fully saturated rings. The van der Waals surface area contributed by atoms with Crippen LogP contribution in [0, 0.1) is 11.3 Å². The Hall–Kier alpha value is -3.08. The summed E-state index contributed by atoms with van der Waals surface area (Å²) < 4.78 is 7.49. The van der Waals surface area contributed by atoms with E-state index in [1.807, 2.05) is 6.07 Å². The lowest BCUT2D eigenvalue weighted by atomic mass is 10.2. The lowest BCUT2D eigenvalue weighted by Crippen LogP contribution is -2.25. The summed E-state index contributed by atoms with van der Waals surface area (Å²) in [6.45, 7) is 5.06. The molecule has 0 saturated carbocycles. The van der Waals surface area contributed by atoms with E-state index in [0.717, 1.165) is 8.97 Å². The number of rotatable bonds is 4. The second-order valence-corrected chi connectivity index (χ2v) is 6.21. The second-order valence-electron chi connectivity index (χ2n) is 6.21. The highest BCUT2D eigenvalue weighted by atomic mass is 16.6. The molecule has 1 N–H and O–H groups in total. The first-order valence-electron chi connectivity index (χ1n) is 7.24. The highest BCUT2D eigenvalue weighted by molar-refractivity contribution is 5.90. The second kappa shape index (κ2) is 6.20. The van der Waals surface area contributed by atoms with Crippen LogP contribution in [0.2, 0.25) is 0 Å². The first-order chi connectivity index (χ1) is 11.1. The molecule has 0 aliphatic carbocycles. The molecule has 2 aromatic rings. The number of carboxylic acids is 1. The van der Waals surface area contributed by atoms with Crippen molar-refractivity contribution in [1.82, 2.24) is 8.97 Å². The lowest BCUT2D eigenvalue weighted by Gasteiger charge is -2.19. The number of nitriles is 1. The molecule has 0 aromatic carbocycles. The third-order valence-electron chi connectivity index (χ3n) is 3.19. The van der Waals surface area contributed by atoms with Crippen molar-refractivity contribution in [1.29, 1.82) is 5.26 Å². The zero-order valence-electron chi connectivity index (χ0n) is 13.6. The van der Waals surface area contributed by atoms with Gasteiger partial charge in [-0.15, -0.1) is 0 Å². The number of ether oxygens (including phenoxy) is 1. The van der Waals surface area contributed by atoms with E-state index in [1.165, 1.54) is 18.3 Å². The average Bonchev–Trinajstić information content (AvgIpc) is 2.74. The van der Waals surface area contributed by atoms with Gasteiger partial charge in [-0.3, -0.25) is 13.8 Å². The largest absolute Gasteiger partial charge is 0.481 e. The fraction of sp³-hybridized carbons (Fsp3) is 0.375. The number of fused-ring (bicyclic) bond motifs is 1. The molecule has 0 bridgehead atoms. The third-order valence-corrected chi connectivity index (χ3v) is 3.19. The highest BCUT2D eigenvalue weighted by Crippen LogP contribution is 2.15. The maximum absolute atomic E-state index is 12.4. The monoisotopic (exact) mass is 331 g/mol. The summed E-state index contributed by atoms with van der Waals surface area (Å²) in [5, 5.41) is 18.0. The van der Waals surface area contributed by atoms with Gasteiger partial charge in [0.15, 0.2) is 0 Å². The van der Waals surface area contributed by atoms with Crippen molar-refractivity contribution >= 4 is 17.5 Å². The van der Waals surface area contributed by atoms with E-state index >= 15 is 0 Å². The first-order valence-corrected chi connectivity index (χ1v) is 7.24. The van der Waals surface area contributed by atoms with Crippen LogP contribution in [-0.2, 0) is 16.1 Å². The van der Waals surface area contributed by atoms with Crippen molar-refractivity contribution < 1.29 is 19.4 Å². The molecule has 0 spiro atoms. The first kappa shape index (κ1) is 17.3. The Kier molecular flexibility index (Phi) is 4.46. The van der Waals surface area contributed by atoms with Crippen LogP contribution in [0.25, 0.3) is 5.52 Å². The summed E-state index contributed by atoms with van der Waals surface area (Å²) >= 11 is 0. The van der Waals surface area contributed by atoms with E-state index in [2.05, 4.69) is 0 Å². The minimum atomic E-state index is -1.07. The number of imidazole rings is 1. The normalized spacial score (nSPS) is 11.2. The smallest absolute Gasteiger partial charge is 0.340 e. The topological polar surface area (TPSA) is 114 Å². The molecule has 0 atom stereocenters. The summed E-state index contributed by atoms with van der Waals surface area (Å²) in [5.41, 5.74) is -0.729. The van der Waals surface area contributed by atoms with Gasteiger partial charge in [-0.25, -0.2) is 9.59 Å². The zero-order valence-corrected chi connectivity index (χ0v) is 13.6. The molecule has 8 nitrogen and oxygen atoms in total. The number of carbonyl (C=O) groups excluding carboxylic acids is 1. The van der Waals surface area contributed by atoms with Crippen LogP contribution in [0.5, 0.6) is 0 Å². The van der Waals surface area contributed by atoms with Crippen LogP contribution in [-0.4, -0.2) is 31.6 Å². The number of esters is 1. The third kappa shape index (κ3) is 3.46. The van der Waals surface area contributed by atoms with Gasteiger partial charge in [0.1, 0.15) is 17.4 Å². The number of pyridine rings is 1. The number of carboxylic acid groups (broad SMARTS) is 1. The van der Waals surface area contributed by atoms with Gasteiger partial charge < -0.3 is 9.84 Å². The average molecular weight is 331 g/mol. The van der Waals surface area contributed by atoms with Crippen molar-refractivity contribution in [2.24, 2.45) is 0 Å². The van der Waals surface area contributed by atoms with E-state index in [-0.39, 0.29) is 24.2 Å². The summed E-state index contributed by atoms with van der Waals surface area (Å²) in [7, 11) is 0. The van der Waals surface area contributed by atoms with Crippen LogP contribution in [0.3, 0.4) is 0 Å². The van der Waals surface area contributed by atoms with E-state index < -0.39 is 23.2 Å². The van der Waals surface area contributed by atoms with Gasteiger partial charge in [0.2, 0.25) is 0 Å². The molecule has 2 aromatic heterocycles. The van der Waals surface area contributed by atoms with Gasteiger partial charge in [-0.05, 0) is 32.9 Å². The Balaban J connectivity index is 2.52. The molecule has 24 heavy (non-hydrogen) atoms. The molecule has 0 saturated heterocycles. The van der Waals surface area contributed by atoms with E-state index in [9.17, 15) is 19.6 Å². The predicted octanol–water partition coefficient (Wildman–Crippen LogP) is 1.40. The Labute approximate surface area is 137 Å². The van der Waals surface area contributed by atoms with E-state index in [4.69, 9.17) is 9.84 Å². The van der Waals surface area contributed by atoms with E-state index in [1.54, 1.807) is 20.8 Å². The maximum atomic E-state index is 12.4. The summed E-state index contributed by atoms with van der Waals surface area (Å²) in [6, 6.07) is 4.84. The van der Waals surface area contributed by atoms with E-state index in [0.29, 0.717) is 5.52 Å². The van der Waals surface area contributed by atoms with Crippen molar-refractivity contribution in [3.8, 4) is 6.07 Å². The summed E-state index contributed by atoms with van der Waals surface area (Å²) in [6.07, 6.45) is 1.01. The fourth-order valence-corrected chi connectivity index (χ4v) is 2.21. The van der Waals surface area contributed by atoms with Gasteiger partial charge in [0, 0.05) is 12.7 Å². The van der Waals surface area contributed by atoms with Crippen molar-refractivity contribution in [3.63, 3.8) is 0 Å². The summed E-state index contributed by atoms with van der Waals surface area (Å²) in [5.74, 6) is -1.66. The fourth-order valence-electron chi connectivity index (χ4n) is 2.21. The number of hydrogen-bond acceptors (Lipinski definition) is 5. The Morgan fingerprint density at radius 1 is 1.33 bits per heavy atom. The number of aliphatic carboxylic acids is 1. The SMILES string of the molecule is CC(C)(C)OC(=O)c1ccc2c(C#N)n(CCC(=O)O)c(=O)n2c1. The molecule has 0 aliphatic rings. The number of nitrogens with zero attached hydrogens (tertiary/aromatic N) is 3. The van der Waals surface area contributed by atoms with Gasteiger partial charge in [0.25, 0.3) is 0 Å². The molecule has 0 unspecified atom stereocenters. The standard InChI is InChI=1S/C16H17N3O5/c1-16(2,3)24-14(22)10-4-5-11-12(8-17)18(7-6-13(20)21)15(23)19(11)9-10/h4-5,9H,6-7H2,1-3H3,(H,20,21). The molecule has 2 rings (SSSR count). The van der Waals surface area contributed by atoms with Crippen molar-refractivity contribution in [2.75, 3.05) is 0 Å². The quantitative estimate of drug-likeness (QED) is 0.847. The minimum absolute atomic E-state index is 0.0528. The molecular formula is C16H17N3O5. The van der Waals surface area contributed by atoms with Crippen LogP contribution in [0.15, 0.2) is 23.1 Å². The molecule has 0 radical (unpaired) electrons. The van der Waals surface area contributed by atoms with Gasteiger partial charge >= 0.3 is 17.6 Å². The van der Waals surface area contributed by atoms with Gasteiger partial charge in [0.05, 0.1) is 17.5 Å². The van der Waals surface area contributed by atoms with Crippen LogP contribution in [0.4, 0.5) is 0 Å². The molecular weight excluding hydrogens is 314 g/mol. The Bertz CT molecular complexity index is 909. The molecule has 126 valence electrons. The molecule has 0 aliphatic heterocycles. The maximum Gasteiger partial charge on any atom is 0.340 e. The van der Waals surface area contributed by atoms with Crippen LogP contribution < -0.4 is 5.69 Å². The number of carbonyl (C=O) groups is 2.